The van der Waals surface area contributed by atoms with Gasteiger partial charge in [0.2, 0.25) is 0 Å². The molecule has 8 heteroatoms. The Bertz CT molecular complexity index is 39.9. The molecule has 0 amide bonds. The van der Waals surface area contributed by atoms with E-state index in [1.54, 1.807) is 0 Å². The summed E-state index contributed by atoms with van der Waals surface area (Å²) in [6.07, 6.45) is -1.83. The summed E-state index contributed by atoms with van der Waals surface area (Å²) in [5.41, 5.74) is 0. The molecule has 9 heavy (non-hydrogen) atoms. The molecule has 6 N–H and O–H groups in total. The Kier molecular flexibility index (Phi) is 143. The van der Waals surface area contributed by atoms with Crippen molar-refractivity contribution in [3.8, 4) is 0 Å². The van der Waals surface area contributed by atoms with Crippen molar-refractivity contribution in [2.75, 3.05) is 0 Å². The van der Waals surface area contributed by atoms with Crippen molar-refractivity contribution >= 4 is 33.5 Å². The van der Waals surface area contributed by atoms with Crippen LogP contribution in [0, 0.1) is 76.4 Å². The molecule has 0 saturated carbocycles. The fourth-order valence-corrected chi connectivity index (χ4v) is 0. The van der Waals surface area contributed by atoms with Crippen molar-refractivity contribution in [2.45, 2.75) is 0 Å². The Hall–Kier alpha value is 2.66. The molecule has 0 atom stereocenters. The molecule has 0 saturated heterocycles. The molecule has 0 aromatic carbocycles. The number of rotatable bonds is 0. The van der Waals surface area contributed by atoms with Crippen LogP contribution in [0.4, 0.5) is 4.79 Å². The maximum absolute atomic E-state index is 8.56. The second-order valence-corrected chi connectivity index (χ2v) is 0.283. The third-order valence-electron chi connectivity index (χ3n) is 0. The topological polar surface area (TPSA) is 121 Å². The Balaban J connectivity index is -0.00000000450. The molecule has 0 aliphatic rings. The Morgan fingerprint density at radius 3 is 1.11 bits per heavy atom. The zero-order valence-corrected chi connectivity index (χ0v) is 16.9. The molecule has 0 aliphatic heterocycles. The molecule has 3 radical (unpaired) electrons. The third-order valence-corrected chi connectivity index (χ3v) is 0. The van der Waals surface area contributed by atoms with Crippen LogP contribution < -0.4 is 0 Å². The van der Waals surface area contributed by atoms with Crippen molar-refractivity contribution in [1.82, 2.24) is 0 Å². The van der Waals surface area contributed by atoms with Crippen molar-refractivity contribution in [3.05, 3.63) is 0 Å². The van der Waals surface area contributed by atoms with E-state index in [9.17, 15) is 0 Å². The number of carbonyl (C=O) groups is 1. The average Bonchev–Trinajstić information content (AvgIpc) is 0.811. The summed E-state index contributed by atoms with van der Waals surface area (Å²) in [6, 6.07) is 0. The van der Waals surface area contributed by atoms with E-state index >= 15 is 0 Å². The summed E-state index contributed by atoms with van der Waals surface area (Å²) < 4.78 is 0. The van der Waals surface area contributed by atoms with Crippen LogP contribution in [0.2, 0.25) is 0 Å². The van der Waals surface area contributed by atoms with E-state index in [1.165, 1.54) is 0 Å². The maximum atomic E-state index is 8.56. The normalized spacial score (nSPS) is 2.67. The van der Waals surface area contributed by atoms with E-state index in [-0.39, 0.29) is 115 Å². The average molecular weight is 590 g/mol. The molecule has 0 heterocycles. The van der Waals surface area contributed by atoms with E-state index in [1.807, 2.05) is 0 Å². The molecule has 0 aliphatic carbocycles. The first kappa shape index (κ1) is 41.4. The van der Waals surface area contributed by atoms with Gasteiger partial charge >= 0.3 is 33.5 Å². The summed E-state index contributed by atoms with van der Waals surface area (Å²) in [5.74, 6) is 0. The molecule has 0 spiro atoms. The van der Waals surface area contributed by atoms with Gasteiger partial charge in [-0.3, -0.25) is 0 Å². The predicted molar refractivity (Wildman–Crippen MR) is 26.4 cm³/mol. The number of carboxylic acid groups (broad SMARTS) is 2. The van der Waals surface area contributed by atoms with Crippen LogP contribution in [0.5, 0.6) is 0 Å². The number of hydrogen-bond donors (Lipinski definition) is 2. The fraction of sp³-hybridized carbons (Fsp3) is 0. The van der Waals surface area contributed by atoms with Crippen molar-refractivity contribution in [2.24, 2.45) is 0 Å². The van der Waals surface area contributed by atoms with Crippen molar-refractivity contribution < 1.29 is 102 Å². The predicted octanol–water partition coefficient (Wildman–Crippen LogP) is -2.34. The standard InChI is InChI=1S/CH2O3.La.Nd.2H2O.Pb.2H/c2-1(3)4;;;;;;;/h(H2,2,3,4);;;2*1H2;;;. The SMILES string of the molecule is O.O.O=C(O)O.[La].[Nd].[PbH2]. The monoisotopic (exact) mass is 589 g/mol. The van der Waals surface area contributed by atoms with E-state index in [0.29, 0.717) is 0 Å². The summed E-state index contributed by atoms with van der Waals surface area (Å²) in [7, 11) is 0. The Morgan fingerprint density at radius 1 is 1.11 bits per heavy atom. The van der Waals surface area contributed by atoms with E-state index < -0.39 is 6.16 Å². The van der Waals surface area contributed by atoms with Gasteiger partial charge in [0.1, 0.15) is 0 Å². The molecule has 0 aromatic heterocycles. The Labute approximate surface area is 133 Å². The van der Waals surface area contributed by atoms with Gasteiger partial charge in [-0.1, -0.05) is 0 Å². The first-order valence-electron chi connectivity index (χ1n) is 0.651. The summed E-state index contributed by atoms with van der Waals surface area (Å²) in [4.78, 5) is 8.56. The minimum atomic E-state index is -1.83. The second kappa shape index (κ2) is 31.1. The first-order chi connectivity index (χ1) is 1.73. The van der Waals surface area contributed by atoms with Gasteiger partial charge in [0, 0.05) is 76.4 Å². The fourth-order valence-electron chi connectivity index (χ4n) is 0. The van der Waals surface area contributed by atoms with Gasteiger partial charge in [-0.25, -0.2) is 4.79 Å². The van der Waals surface area contributed by atoms with Gasteiger partial charge < -0.3 is 21.2 Å². The van der Waals surface area contributed by atoms with Crippen LogP contribution >= 0.6 is 0 Å². The minimum absolute atomic E-state index is 0. The van der Waals surface area contributed by atoms with Gasteiger partial charge in [0.15, 0.2) is 0 Å². The summed E-state index contributed by atoms with van der Waals surface area (Å²) >= 11 is 0. The quantitative estimate of drug-likeness (QED) is 0.308. The van der Waals surface area contributed by atoms with Crippen molar-refractivity contribution in [3.63, 3.8) is 0 Å². The molecule has 0 bridgehead atoms. The molecular weight excluding hydrogens is 582 g/mol. The van der Waals surface area contributed by atoms with Crippen LogP contribution in [0.25, 0.3) is 0 Å². The molecule has 0 unspecified atom stereocenters. The molecule has 0 fully saturated rings. The summed E-state index contributed by atoms with van der Waals surface area (Å²) in [5, 5.41) is 13.9. The molecule has 53 valence electrons. The number of hydrogen-bond acceptors (Lipinski definition) is 1. The van der Waals surface area contributed by atoms with Crippen LogP contribution in [-0.2, 0) is 0 Å². The van der Waals surface area contributed by atoms with E-state index in [0.717, 1.165) is 0 Å². The van der Waals surface area contributed by atoms with Gasteiger partial charge in [0.05, 0.1) is 0 Å². The molecular formula is CH8LaNdO5Pb. The zero-order valence-electron chi connectivity index (χ0n) is 4.59. The summed E-state index contributed by atoms with van der Waals surface area (Å²) in [6.45, 7) is 0. The third kappa shape index (κ3) is 113. The zero-order chi connectivity index (χ0) is 3.58. The van der Waals surface area contributed by atoms with Crippen LogP contribution in [0.1, 0.15) is 0 Å². The van der Waals surface area contributed by atoms with E-state index in [4.69, 9.17) is 15.0 Å². The van der Waals surface area contributed by atoms with Gasteiger partial charge in [0.25, 0.3) is 0 Å². The van der Waals surface area contributed by atoms with Gasteiger partial charge in [-0.2, -0.15) is 0 Å². The molecule has 5 nitrogen and oxygen atoms in total. The van der Waals surface area contributed by atoms with E-state index in [2.05, 4.69) is 0 Å². The van der Waals surface area contributed by atoms with Gasteiger partial charge in [-0.15, -0.1) is 0 Å². The first-order valence-corrected chi connectivity index (χ1v) is 0.651. The van der Waals surface area contributed by atoms with Crippen molar-refractivity contribution in [1.29, 1.82) is 0 Å². The van der Waals surface area contributed by atoms with Crippen LogP contribution in [0.15, 0.2) is 0 Å². The van der Waals surface area contributed by atoms with Gasteiger partial charge in [-0.05, 0) is 0 Å². The van der Waals surface area contributed by atoms with Crippen LogP contribution in [0.3, 0.4) is 0 Å². The molecule has 0 rings (SSSR count). The van der Waals surface area contributed by atoms with Crippen LogP contribution in [-0.4, -0.2) is 54.6 Å². The second-order valence-electron chi connectivity index (χ2n) is 0.283. The molecule has 0 aromatic rings. The Morgan fingerprint density at radius 2 is 1.11 bits per heavy atom.